The van der Waals surface area contributed by atoms with Crippen LogP contribution in [0.5, 0.6) is 5.75 Å². The highest BCUT2D eigenvalue weighted by atomic mass is 79.9. The van der Waals surface area contributed by atoms with E-state index in [0.717, 1.165) is 22.3 Å². The maximum absolute atomic E-state index is 13.4. The number of benzene rings is 2. The van der Waals surface area contributed by atoms with E-state index in [1.54, 1.807) is 12.1 Å². The minimum atomic E-state index is -1.02. The van der Waals surface area contributed by atoms with Crippen molar-refractivity contribution in [3.8, 4) is 5.75 Å². The van der Waals surface area contributed by atoms with Gasteiger partial charge in [-0.1, -0.05) is 28.1 Å². The van der Waals surface area contributed by atoms with Crippen molar-refractivity contribution in [3.05, 3.63) is 63.6 Å². The Hall–Kier alpha value is -2.28. The number of nitrogens with zero attached hydrogens (tertiary/aromatic N) is 1. The number of amides is 1. The number of hydrogen-bond donors (Lipinski definition) is 1. The second-order valence-electron chi connectivity index (χ2n) is 4.64. The molecule has 0 aliphatic heterocycles. The Morgan fingerprint density at radius 3 is 2.87 bits per heavy atom. The van der Waals surface area contributed by atoms with Gasteiger partial charge in [0.2, 0.25) is 0 Å². The van der Waals surface area contributed by atoms with E-state index < -0.39 is 17.5 Å². The highest BCUT2D eigenvalue weighted by molar-refractivity contribution is 9.10. The molecular weight excluding hydrogens is 370 g/mol. The number of carbonyl (C=O) groups excluding carboxylic acids is 1. The van der Waals surface area contributed by atoms with E-state index in [1.807, 2.05) is 13.0 Å². The molecule has 0 fully saturated rings. The molecule has 0 heterocycles. The van der Waals surface area contributed by atoms with Crippen LogP contribution in [0.2, 0.25) is 0 Å². The van der Waals surface area contributed by atoms with Gasteiger partial charge in [0.05, 0.1) is 6.21 Å². The zero-order valence-electron chi connectivity index (χ0n) is 12.1. The summed E-state index contributed by atoms with van der Waals surface area (Å²) in [5, 5.41) is 3.57. The van der Waals surface area contributed by atoms with E-state index in [9.17, 15) is 13.6 Å². The Morgan fingerprint density at radius 1 is 1.35 bits per heavy atom. The SMILES string of the molecule is Cc1cc(OCC(=O)N/N=C/c2cccc(F)c2F)ccc1Br. The molecule has 4 nitrogen and oxygen atoms in total. The molecule has 0 radical (unpaired) electrons. The van der Waals surface area contributed by atoms with Crippen LogP contribution in [0.1, 0.15) is 11.1 Å². The predicted molar refractivity (Wildman–Crippen MR) is 86.5 cm³/mol. The second kappa shape index (κ2) is 7.82. The lowest BCUT2D eigenvalue weighted by atomic mass is 10.2. The van der Waals surface area contributed by atoms with Gasteiger partial charge in [0.15, 0.2) is 18.2 Å². The Kier molecular flexibility index (Phi) is 5.81. The summed E-state index contributed by atoms with van der Waals surface area (Å²) in [7, 11) is 0. The molecule has 1 amide bonds. The molecule has 2 aromatic carbocycles. The van der Waals surface area contributed by atoms with Crippen LogP contribution >= 0.6 is 15.9 Å². The Morgan fingerprint density at radius 2 is 2.13 bits per heavy atom. The molecule has 0 spiro atoms. The van der Waals surface area contributed by atoms with Gasteiger partial charge in [-0.25, -0.2) is 14.2 Å². The maximum atomic E-state index is 13.4. The van der Waals surface area contributed by atoms with E-state index in [1.165, 1.54) is 12.1 Å². The van der Waals surface area contributed by atoms with Gasteiger partial charge in [-0.05, 0) is 36.8 Å². The Bertz CT molecular complexity index is 751. The quantitative estimate of drug-likeness (QED) is 0.634. The molecule has 0 atom stereocenters. The van der Waals surface area contributed by atoms with Crippen molar-refractivity contribution in [3.63, 3.8) is 0 Å². The number of carbonyl (C=O) groups is 1. The first kappa shape index (κ1) is 17.1. The van der Waals surface area contributed by atoms with Crippen LogP contribution in [-0.4, -0.2) is 18.7 Å². The van der Waals surface area contributed by atoms with Gasteiger partial charge < -0.3 is 4.74 Å². The van der Waals surface area contributed by atoms with Gasteiger partial charge in [-0.15, -0.1) is 0 Å². The third kappa shape index (κ3) is 4.85. The molecule has 0 aliphatic carbocycles. The zero-order valence-corrected chi connectivity index (χ0v) is 13.7. The van der Waals surface area contributed by atoms with Crippen LogP contribution in [-0.2, 0) is 4.79 Å². The first-order valence-electron chi connectivity index (χ1n) is 6.62. The number of halogens is 3. The second-order valence-corrected chi connectivity index (χ2v) is 5.49. The molecule has 0 aliphatic rings. The van der Waals surface area contributed by atoms with Crippen LogP contribution in [0.25, 0.3) is 0 Å². The van der Waals surface area contributed by atoms with Crippen molar-refractivity contribution in [2.75, 3.05) is 6.61 Å². The smallest absolute Gasteiger partial charge is 0.277 e. The number of ether oxygens (including phenoxy) is 1. The summed E-state index contributed by atoms with van der Waals surface area (Å²) in [5.41, 5.74) is 3.10. The van der Waals surface area contributed by atoms with Gasteiger partial charge in [0.1, 0.15) is 5.75 Å². The van der Waals surface area contributed by atoms with Crippen LogP contribution in [0.15, 0.2) is 46.0 Å². The average Bonchev–Trinajstić information content (AvgIpc) is 2.52. The first-order valence-corrected chi connectivity index (χ1v) is 7.41. The third-order valence-electron chi connectivity index (χ3n) is 2.87. The lowest BCUT2D eigenvalue weighted by Crippen LogP contribution is -2.24. The number of hydrogen-bond acceptors (Lipinski definition) is 3. The molecule has 0 aromatic heterocycles. The van der Waals surface area contributed by atoms with E-state index in [0.29, 0.717) is 5.75 Å². The molecule has 2 aromatic rings. The largest absolute Gasteiger partial charge is 0.484 e. The summed E-state index contributed by atoms with van der Waals surface area (Å²) in [6, 6.07) is 9.00. The first-order chi connectivity index (χ1) is 11.0. The van der Waals surface area contributed by atoms with Crippen molar-refractivity contribution in [1.29, 1.82) is 0 Å². The van der Waals surface area contributed by atoms with Crippen LogP contribution < -0.4 is 10.2 Å². The van der Waals surface area contributed by atoms with Crippen LogP contribution in [0.3, 0.4) is 0 Å². The summed E-state index contributed by atoms with van der Waals surface area (Å²) in [4.78, 5) is 11.6. The van der Waals surface area contributed by atoms with Crippen molar-refractivity contribution >= 4 is 28.1 Å². The predicted octanol–water partition coefficient (Wildman–Crippen LogP) is 3.56. The van der Waals surface area contributed by atoms with Crippen molar-refractivity contribution < 1.29 is 18.3 Å². The zero-order chi connectivity index (χ0) is 16.8. The molecule has 1 N–H and O–H groups in total. The lowest BCUT2D eigenvalue weighted by molar-refractivity contribution is -0.123. The molecule has 0 saturated heterocycles. The summed E-state index contributed by atoms with van der Waals surface area (Å²) >= 11 is 3.37. The number of hydrazone groups is 1. The van der Waals surface area contributed by atoms with Crippen molar-refractivity contribution in [2.45, 2.75) is 6.92 Å². The number of aryl methyl sites for hydroxylation is 1. The summed E-state index contributed by atoms with van der Waals surface area (Å²) < 4.78 is 32.6. The fraction of sp³-hybridized carbons (Fsp3) is 0.125. The normalized spacial score (nSPS) is 10.8. The van der Waals surface area contributed by atoms with Crippen molar-refractivity contribution in [2.24, 2.45) is 5.10 Å². The highest BCUT2D eigenvalue weighted by Crippen LogP contribution is 2.21. The summed E-state index contributed by atoms with van der Waals surface area (Å²) in [6.45, 7) is 1.65. The molecule has 0 bridgehead atoms. The Balaban J connectivity index is 1.86. The topological polar surface area (TPSA) is 50.7 Å². The standard InChI is InChI=1S/C16H13BrF2N2O2/c1-10-7-12(5-6-13(10)17)23-9-15(22)21-20-8-11-3-2-4-14(18)16(11)19/h2-8H,9H2,1H3,(H,21,22)/b20-8+. The fourth-order valence-electron chi connectivity index (χ4n) is 1.68. The van der Waals surface area contributed by atoms with E-state index >= 15 is 0 Å². The van der Waals surface area contributed by atoms with Gasteiger partial charge in [-0.2, -0.15) is 5.10 Å². The number of rotatable bonds is 5. The van der Waals surface area contributed by atoms with Crippen LogP contribution in [0.4, 0.5) is 8.78 Å². The van der Waals surface area contributed by atoms with E-state index in [2.05, 4.69) is 26.5 Å². The molecular formula is C16H13BrF2N2O2. The molecule has 0 unspecified atom stereocenters. The Labute approximate surface area is 140 Å². The van der Waals surface area contributed by atoms with Gasteiger partial charge in [-0.3, -0.25) is 4.79 Å². The molecule has 0 saturated carbocycles. The molecule has 7 heteroatoms. The minimum absolute atomic E-state index is 0.0604. The summed E-state index contributed by atoms with van der Waals surface area (Å²) in [5.74, 6) is -1.97. The van der Waals surface area contributed by atoms with Gasteiger partial charge in [0, 0.05) is 10.0 Å². The van der Waals surface area contributed by atoms with E-state index in [4.69, 9.17) is 4.74 Å². The van der Waals surface area contributed by atoms with Crippen molar-refractivity contribution in [1.82, 2.24) is 5.43 Å². The number of nitrogens with one attached hydrogen (secondary N) is 1. The summed E-state index contributed by atoms with van der Waals surface area (Å²) in [6.07, 6.45) is 1.03. The molecule has 120 valence electrons. The highest BCUT2D eigenvalue weighted by Gasteiger charge is 2.06. The third-order valence-corrected chi connectivity index (χ3v) is 3.76. The lowest BCUT2D eigenvalue weighted by Gasteiger charge is -2.06. The van der Waals surface area contributed by atoms with Gasteiger partial charge >= 0.3 is 0 Å². The van der Waals surface area contributed by atoms with Crippen LogP contribution in [0, 0.1) is 18.6 Å². The maximum Gasteiger partial charge on any atom is 0.277 e. The van der Waals surface area contributed by atoms with Gasteiger partial charge in [0.25, 0.3) is 5.91 Å². The fourth-order valence-corrected chi connectivity index (χ4v) is 1.93. The molecule has 23 heavy (non-hydrogen) atoms. The monoisotopic (exact) mass is 382 g/mol. The van der Waals surface area contributed by atoms with E-state index in [-0.39, 0.29) is 12.2 Å². The average molecular weight is 383 g/mol. The molecule has 2 rings (SSSR count). The minimum Gasteiger partial charge on any atom is -0.484 e.